The SMILES string of the molecule is CC(=O)N1CC=C(C(C)C)CC1.CCc1ccc(F)c(C)c1. The zero-order valence-corrected chi connectivity index (χ0v) is 14.4. The Morgan fingerprint density at radius 1 is 1.36 bits per heavy atom. The number of carbonyl (C=O) groups excluding carboxylic acids is 1. The highest BCUT2D eigenvalue weighted by atomic mass is 19.1. The first-order chi connectivity index (χ1) is 10.3. The normalized spacial score (nSPS) is 14.3. The molecule has 0 N–H and O–H groups in total. The quantitative estimate of drug-likeness (QED) is 0.736. The first kappa shape index (κ1) is 18.4. The summed E-state index contributed by atoms with van der Waals surface area (Å²) in [5.41, 5.74) is 3.42. The van der Waals surface area contributed by atoms with Crippen molar-refractivity contribution in [1.29, 1.82) is 0 Å². The highest BCUT2D eigenvalue weighted by Gasteiger charge is 2.14. The highest BCUT2D eigenvalue weighted by molar-refractivity contribution is 5.73. The van der Waals surface area contributed by atoms with Gasteiger partial charge in [0.2, 0.25) is 5.91 Å². The number of hydrogen-bond donors (Lipinski definition) is 0. The van der Waals surface area contributed by atoms with Crippen LogP contribution in [0.4, 0.5) is 4.39 Å². The Morgan fingerprint density at radius 2 is 2.05 bits per heavy atom. The molecule has 1 amide bonds. The third kappa shape index (κ3) is 5.63. The Kier molecular flexibility index (Phi) is 7.30. The molecule has 2 nitrogen and oxygen atoms in total. The molecule has 0 saturated heterocycles. The van der Waals surface area contributed by atoms with E-state index >= 15 is 0 Å². The van der Waals surface area contributed by atoms with Gasteiger partial charge in [0.05, 0.1) is 0 Å². The van der Waals surface area contributed by atoms with Gasteiger partial charge >= 0.3 is 0 Å². The minimum atomic E-state index is -0.114. The van der Waals surface area contributed by atoms with Crippen LogP contribution in [0.5, 0.6) is 0 Å². The van der Waals surface area contributed by atoms with E-state index in [0.29, 0.717) is 5.92 Å². The van der Waals surface area contributed by atoms with Gasteiger partial charge in [-0.2, -0.15) is 0 Å². The molecule has 1 aromatic carbocycles. The van der Waals surface area contributed by atoms with Gasteiger partial charge in [0.15, 0.2) is 0 Å². The molecule has 22 heavy (non-hydrogen) atoms. The molecule has 1 aliphatic heterocycles. The topological polar surface area (TPSA) is 20.3 Å². The number of benzene rings is 1. The summed E-state index contributed by atoms with van der Waals surface area (Å²) < 4.78 is 12.6. The Balaban J connectivity index is 0.000000224. The van der Waals surface area contributed by atoms with Crippen LogP contribution in [0, 0.1) is 18.7 Å². The molecule has 0 radical (unpaired) electrons. The maximum Gasteiger partial charge on any atom is 0.219 e. The largest absolute Gasteiger partial charge is 0.339 e. The lowest BCUT2D eigenvalue weighted by Gasteiger charge is -2.26. The fourth-order valence-corrected chi connectivity index (χ4v) is 2.42. The Hall–Kier alpha value is -1.64. The summed E-state index contributed by atoms with van der Waals surface area (Å²) in [6.45, 7) is 11.6. The number of amides is 1. The summed E-state index contributed by atoms with van der Waals surface area (Å²) in [5.74, 6) is 0.713. The van der Waals surface area contributed by atoms with Gasteiger partial charge in [0.25, 0.3) is 0 Å². The van der Waals surface area contributed by atoms with Gasteiger partial charge in [-0.15, -0.1) is 0 Å². The Bertz CT molecular complexity index is 534. The number of carbonyl (C=O) groups is 1. The maximum atomic E-state index is 12.6. The average molecular weight is 305 g/mol. The third-order valence-electron chi connectivity index (χ3n) is 4.06. The van der Waals surface area contributed by atoms with Gasteiger partial charge in [-0.1, -0.05) is 44.6 Å². The van der Waals surface area contributed by atoms with Crippen molar-refractivity contribution >= 4 is 5.91 Å². The minimum absolute atomic E-state index is 0.114. The zero-order valence-electron chi connectivity index (χ0n) is 14.4. The van der Waals surface area contributed by atoms with Crippen molar-refractivity contribution in [2.75, 3.05) is 13.1 Å². The molecule has 0 aromatic heterocycles. The van der Waals surface area contributed by atoms with E-state index in [1.165, 1.54) is 17.2 Å². The van der Waals surface area contributed by atoms with Crippen LogP contribution in [0.3, 0.4) is 0 Å². The van der Waals surface area contributed by atoms with Gasteiger partial charge in [0.1, 0.15) is 5.82 Å². The predicted molar refractivity (Wildman–Crippen MR) is 90.3 cm³/mol. The number of halogens is 1. The summed E-state index contributed by atoms with van der Waals surface area (Å²) in [5, 5.41) is 0. The van der Waals surface area contributed by atoms with Crippen LogP contribution in [0.1, 0.15) is 45.2 Å². The number of nitrogens with zero attached hydrogens (tertiary/aromatic N) is 1. The molecule has 2 rings (SSSR count). The van der Waals surface area contributed by atoms with E-state index < -0.39 is 0 Å². The van der Waals surface area contributed by atoms with E-state index in [2.05, 4.69) is 26.8 Å². The molecule has 0 unspecified atom stereocenters. The molecular weight excluding hydrogens is 277 g/mol. The second-order valence-electron chi connectivity index (χ2n) is 6.09. The second-order valence-corrected chi connectivity index (χ2v) is 6.09. The molecule has 0 fully saturated rings. The fraction of sp³-hybridized carbons (Fsp3) is 0.526. The molecule has 0 saturated carbocycles. The standard InChI is InChI=1S/C10H17NO.C9H11F/c1-8(2)10-4-6-11(7-5-10)9(3)12;1-3-8-4-5-9(10)7(2)6-8/h4,8H,5-7H2,1-3H3;4-6H,3H2,1-2H3. The first-order valence-electron chi connectivity index (χ1n) is 8.04. The van der Waals surface area contributed by atoms with Crippen LogP contribution in [0.2, 0.25) is 0 Å². The van der Waals surface area contributed by atoms with E-state index in [1.807, 2.05) is 17.0 Å². The number of aryl methyl sites for hydroxylation is 2. The highest BCUT2D eigenvalue weighted by Crippen LogP contribution is 2.18. The summed E-state index contributed by atoms with van der Waals surface area (Å²) in [4.78, 5) is 12.9. The molecule has 1 aliphatic rings. The molecule has 0 aliphatic carbocycles. The van der Waals surface area contributed by atoms with Crippen LogP contribution < -0.4 is 0 Å². The average Bonchev–Trinajstić information content (AvgIpc) is 2.50. The van der Waals surface area contributed by atoms with Crippen LogP contribution >= 0.6 is 0 Å². The predicted octanol–water partition coefficient (Wildman–Crippen LogP) is 4.52. The monoisotopic (exact) mass is 305 g/mol. The van der Waals surface area contributed by atoms with E-state index in [9.17, 15) is 9.18 Å². The summed E-state index contributed by atoms with van der Waals surface area (Å²) >= 11 is 0. The molecule has 0 spiro atoms. The smallest absolute Gasteiger partial charge is 0.219 e. The Morgan fingerprint density at radius 3 is 2.45 bits per heavy atom. The fourth-order valence-electron chi connectivity index (χ4n) is 2.42. The zero-order chi connectivity index (χ0) is 16.7. The molecule has 1 aromatic rings. The molecule has 0 bridgehead atoms. The molecule has 122 valence electrons. The molecule has 0 atom stereocenters. The van der Waals surface area contributed by atoms with Gasteiger partial charge in [0, 0.05) is 20.0 Å². The first-order valence-corrected chi connectivity index (χ1v) is 8.04. The number of rotatable bonds is 2. The Labute approximate surface area is 134 Å². The lowest BCUT2D eigenvalue weighted by atomic mass is 9.97. The van der Waals surface area contributed by atoms with Crippen LogP contribution in [-0.4, -0.2) is 23.9 Å². The van der Waals surface area contributed by atoms with E-state index in [4.69, 9.17) is 0 Å². The van der Waals surface area contributed by atoms with Gasteiger partial charge in [-0.25, -0.2) is 4.39 Å². The lowest BCUT2D eigenvalue weighted by molar-refractivity contribution is -0.128. The summed E-state index contributed by atoms with van der Waals surface area (Å²) in [7, 11) is 0. The van der Waals surface area contributed by atoms with Gasteiger partial charge in [-0.05, 0) is 42.9 Å². The van der Waals surface area contributed by atoms with Crippen molar-refractivity contribution in [1.82, 2.24) is 4.90 Å². The van der Waals surface area contributed by atoms with Gasteiger partial charge in [-0.3, -0.25) is 4.79 Å². The van der Waals surface area contributed by atoms with Crippen molar-refractivity contribution in [2.45, 2.75) is 47.5 Å². The van der Waals surface area contributed by atoms with Crippen LogP contribution in [0.15, 0.2) is 29.8 Å². The minimum Gasteiger partial charge on any atom is -0.339 e. The van der Waals surface area contributed by atoms with E-state index in [1.54, 1.807) is 13.8 Å². The van der Waals surface area contributed by atoms with Gasteiger partial charge < -0.3 is 4.90 Å². The third-order valence-corrected chi connectivity index (χ3v) is 4.06. The second kappa shape index (κ2) is 8.72. The van der Waals surface area contributed by atoms with Crippen LogP contribution in [0.25, 0.3) is 0 Å². The number of hydrogen-bond acceptors (Lipinski definition) is 1. The van der Waals surface area contributed by atoms with Crippen LogP contribution in [-0.2, 0) is 11.2 Å². The van der Waals surface area contributed by atoms with Crippen molar-refractivity contribution in [3.63, 3.8) is 0 Å². The van der Waals surface area contributed by atoms with Crippen molar-refractivity contribution in [3.8, 4) is 0 Å². The molecule has 3 heteroatoms. The van der Waals surface area contributed by atoms with Crippen molar-refractivity contribution < 1.29 is 9.18 Å². The maximum absolute atomic E-state index is 12.6. The molecular formula is C19H28FNO. The summed E-state index contributed by atoms with van der Waals surface area (Å²) in [6, 6.07) is 5.23. The lowest BCUT2D eigenvalue weighted by Crippen LogP contribution is -2.33. The molecule has 1 heterocycles. The summed E-state index contributed by atoms with van der Waals surface area (Å²) in [6.07, 6.45) is 4.22. The van der Waals surface area contributed by atoms with Crippen molar-refractivity contribution in [3.05, 3.63) is 46.8 Å². The van der Waals surface area contributed by atoms with Crippen molar-refractivity contribution in [2.24, 2.45) is 5.92 Å². The van der Waals surface area contributed by atoms with E-state index in [0.717, 1.165) is 31.5 Å². The van der Waals surface area contributed by atoms with E-state index in [-0.39, 0.29) is 11.7 Å².